The van der Waals surface area contributed by atoms with Gasteiger partial charge in [-0.05, 0) is 38.8 Å². The third kappa shape index (κ3) is 3.66. The maximum atomic E-state index is 12.6. The first-order valence-electron chi connectivity index (χ1n) is 8.93. The molecule has 0 fully saturated rings. The van der Waals surface area contributed by atoms with Crippen molar-refractivity contribution in [2.24, 2.45) is 11.1 Å². The lowest BCUT2D eigenvalue weighted by atomic mass is 9.81. The van der Waals surface area contributed by atoms with Crippen LogP contribution < -0.4 is 20.5 Å². The quantitative estimate of drug-likeness (QED) is 0.767. The minimum Gasteiger partial charge on any atom is -0.494 e. The average Bonchev–Trinajstić information content (AvgIpc) is 2.94. The summed E-state index contributed by atoms with van der Waals surface area (Å²) in [6, 6.07) is 4.03. The Balaban J connectivity index is 2.17. The second-order valence-electron chi connectivity index (χ2n) is 6.51. The summed E-state index contributed by atoms with van der Waals surface area (Å²) in [5, 5.41) is 3.04. The van der Waals surface area contributed by atoms with Gasteiger partial charge >= 0.3 is 0 Å². The molecule has 1 atom stereocenters. The van der Waals surface area contributed by atoms with Crippen molar-refractivity contribution in [1.82, 2.24) is 5.32 Å². The van der Waals surface area contributed by atoms with Crippen LogP contribution >= 0.6 is 0 Å². The molecule has 0 radical (unpaired) electrons. The third-order valence-corrected chi connectivity index (χ3v) is 5.04. The van der Waals surface area contributed by atoms with Gasteiger partial charge in [-0.1, -0.05) is 13.8 Å². The maximum absolute atomic E-state index is 12.6. The molecule has 5 nitrogen and oxygen atoms in total. The van der Waals surface area contributed by atoms with Crippen LogP contribution in [0.15, 0.2) is 12.1 Å². The van der Waals surface area contributed by atoms with Crippen molar-refractivity contribution in [2.75, 3.05) is 13.2 Å². The highest BCUT2D eigenvalue weighted by atomic mass is 16.5. The monoisotopic (exact) mass is 334 g/mol. The van der Waals surface area contributed by atoms with Crippen molar-refractivity contribution in [3.63, 3.8) is 0 Å². The number of rotatable bonds is 8. The molecule has 1 aromatic rings. The Morgan fingerprint density at radius 3 is 2.67 bits per heavy atom. The van der Waals surface area contributed by atoms with Gasteiger partial charge in [0.1, 0.15) is 17.6 Å². The standard InChI is InChI=1S/C19H30N2O3/c1-5-19(6-2,12-20)18(22)21-11-15-10-17-14(8-13(4)24-17)9-16(15)23-7-3/h9-10,13H,5-8,11-12,20H2,1-4H3,(H,21,22). The molecule has 0 bridgehead atoms. The average molecular weight is 334 g/mol. The third-order valence-electron chi connectivity index (χ3n) is 5.04. The van der Waals surface area contributed by atoms with E-state index in [2.05, 4.69) is 12.2 Å². The number of hydrogen-bond donors (Lipinski definition) is 2. The summed E-state index contributed by atoms with van der Waals surface area (Å²) in [5.41, 5.74) is 7.47. The van der Waals surface area contributed by atoms with E-state index in [0.717, 1.165) is 36.3 Å². The van der Waals surface area contributed by atoms with E-state index in [1.54, 1.807) is 0 Å². The molecule has 1 amide bonds. The smallest absolute Gasteiger partial charge is 0.227 e. The highest BCUT2D eigenvalue weighted by Gasteiger charge is 2.33. The molecule has 1 heterocycles. The number of carbonyl (C=O) groups is 1. The molecule has 1 aliphatic rings. The van der Waals surface area contributed by atoms with Crippen LogP contribution in [0.2, 0.25) is 0 Å². The van der Waals surface area contributed by atoms with Crippen LogP contribution in [0.5, 0.6) is 11.5 Å². The van der Waals surface area contributed by atoms with Gasteiger partial charge in [-0.15, -0.1) is 0 Å². The summed E-state index contributed by atoms with van der Waals surface area (Å²) in [7, 11) is 0. The van der Waals surface area contributed by atoms with E-state index in [9.17, 15) is 4.79 Å². The van der Waals surface area contributed by atoms with Gasteiger partial charge in [0.2, 0.25) is 5.91 Å². The van der Waals surface area contributed by atoms with Crippen molar-refractivity contribution in [3.05, 3.63) is 23.3 Å². The molecule has 0 aromatic heterocycles. The van der Waals surface area contributed by atoms with Crippen molar-refractivity contribution >= 4 is 5.91 Å². The Labute approximate surface area is 144 Å². The summed E-state index contributed by atoms with van der Waals surface area (Å²) >= 11 is 0. The summed E-state index contributed by atoms with van der Waals surface area (Å²) in [6.07, 6.45) is 2.54. The van der Waals surface area contributed by atoms with Crippen molar-refractivity contribution in [2.45, 2.75) is 59.6 Å². The lowest BCUT2D eigenvalue weighted by Gasteiger charge is -2.28. The van der Waals surface area contributed by atoms with Gasteiger partial charge < -0.3 is 20.5 Å². The molecule has 0 saturated heterocycles. The first-order chi connectivity index (χ1) is 11.5. The van der Waals surface area contributed by atoms with E-state index in [1.807, 2.05) is 32.9 Å². The number of nitrogens with one attached hydrogen (secondary N) is 1. The zero-order chi connectivity index (χ0) is 17.7. The number of nitrogens with two attached hydrogens (primary N) is 1. The van der Waals surface area contributed by atoms with E-state index in [4.69, 9.17) is 15.2 Å². The molecule has 2 rings (SSSR count). The zero-order valence-electron chi connectivity index (χ0n) is 15.3. The lowest BCUT2D eigenvalue weighted by Crippen LogP contribution is -2.45. The molecular weight excluding hydrogens is 304 g/mol. The summed E-state index contributed by atoms with van der Waals surface area (Å²) in [6.45, 7) is 9.39. The molecule has 0 saturated carbocycles. The zero-order valence-corrected chi connectivity index (χ0v) is 15.3. The van der Waals surface area contributed by atoms with Crippen LogP contribution in [-0.4, -0.2) is 25.2 Å². The van der Waals surface area contributed by atoms with Crippen molar-refractivity contribution in [3.8, 4) is 11.5 Å². The highest BCUT2D eigenvalue weighted by molar-refractivity contribution is 5.82. The van der Waals surface area contributed by atoms with Crippen LogP contribution in [0.25, 0.3) is 0 Å². The Hall–Kier alpha value is -1.75. The number of carbonyl (C=O) groups excluding carboxylic acids is 1. The molecular formula is C19H30N2O3. The van der Waals surface area contributed by atoms with Gasteiger partial charge in [0.05, 0.1) is 12.0 Å². The van der Waals surface area contributed by atoms with Gasteiger partial charge in [-0.2, -0.15) is 0 Å². The van der Waals surface area contributed by atoms with Gasteiger partial charge in [0, 0.05) is 30.6 Å². The SMILES string of the molecule is CCOc1cc2c(cc1CNC(=O)C(CC)(CC)CN)OC(C)C2. The normalized spacial score (nSPS) is 16.5. The van der Waals surface area contributed by atoms with Crippen molar-refractivity contribution in [1.29, 1.82) is 0 Å². The number of hydrogen-bond acceptors (Lipinski definition) is 4. The van der Waals surface area contributed by atoms with Gasteiger partial charge in [-0.25, -0.2) is 0 Å². The summed E-state index contributed by atoms with van der Waals surface area (Å²) in [5.74, 6) is 1.72. The first kappa shape index (κ1) is 18.6. The number of fused-ring (bicyclic) bond motifs is 1. The summed E-state index contributed by atoms with van der Waals surface area (Å²) in [4.78, 5) is 12.6. The van der Waals surface area contributed by atoms with Crippen LogP contribution in [0.1, 0.15) is 51.7 Å². The fraction of sp³-hybridized carbons (Fsp3) is 0.632. The van der Waals surface area contributed by atoms with Gasteiger partial charge in [0.15, 0.2) is 0 Å². The number of amides is 1. The van der Waals surface area contributed by atoms with Crippen LogP contribution in [0, 0.1) is 5.41 Å². The lowest BCUT2D eigenvalue weighted by molar-refractivity contribution is -0.131. The summed E-state index contributed by atoms with van der Waals surface area (Å²) < 4.78 is 11.6. The fourth-order valence-electron chi connectivity index (χ4n) is 3.22. The van der Waals surface area contributed by atoms with Gasteiger partial charge in [0.25, 0.3) is 0 Å². The second kappa shape index (κ2) is 7.88. The largest absolute Gasteiger partial charge is 0.494 e. The Bertz CT molecular complexity index is 574. The van der Waals surface area contributed by atoms with Crippen LogP contribution in [-0.2, 0) is 17.8 Å². The molecule has 0 aliphatic carbocycles. The van der Waals surface area contributed by atoms with E-state index >= 15 is 0 Å². The minimum absolute atomic E-state index is 0.00670. The minimum atomic E-state index is -0.493. The maximum Gasteiger partial charge on any atom is 0.227 e. The Kier molecular flexibility index (Phi) is 6.10. The first-order valence-corrected chi connectivity index (χ1v) is 8.93. The molecule has 134 valence electrons. The molecule has 1 aromatic carbocycles. The van der Waals surface area contributed by atoms with E-state index < -0.39 is 5.41 Å². The topological polar surface area (TPSA) is 73.6 Å². The Morgan fingerprint density at radius 2 is 2.08 bits per heavy atom. The molecule has 0 spiro atoms. The van der Waals surface area contributed by atoms with Gasteiger partial charge in [-0.3, -0.25) is 4.79 Å². The number of ether oxygens (including phenoxy) is 2. The van der Waals surface area contributed by atoms with E-state index in [-0.39, 0.29) is 12.0 Å². The molecule has 1 unspecified atom stereocenters. The number of benzene rings is 1. The van der Waals surface area contributed by atoms with Crippen molar-refractivity contribution < 1.29 is 14.3 Å². The highest BCUT2D eigenvalue weighted by Crippen LogP contribution is 2.35. The fourth-order valence-corrected chi connectivity index (χ4v) is 3.22. The molecule has 5 heteroatoms. The predicted molar refractivity (Wildman–Crippen MR) is 95.3 cm³/mol. The molecule has 3 N–H and O–H groups in total. The van der Waals surface area contributed by atoms with Crippen LogP contribution in [0.3, 0.4) is 0 Å². The second-order valence-corrected chi connectivity index (χ2v) is 6.51. The molecule has 1 aliphatic heterocycles. The Morgan fingerprint density at radius 1 is 1.38 bits per heavy atom. The van der Waals surface area contributed by atoms with E-state index in [0.29, 0.717) is 19.7 Å². The molecule has 24 heavy (non-hydrogen) atoms. The van der Waals surface area contributed by atoms with E-state index in [1.165, 1.54) is 5.56 Å². The predicted octanol–water partition coefficient (Wildman–Crippen LogP) is 2.79. The van der Waals surface area contributed by atoms with Crippen LogP contribution in [0.4, 0.5) is 0 Å².